The van der Waals surface area contributed by atoms with Crippen LogP contribution in [-0.4, -0.2) is 30.1 Å². The second-order valence-electron chi connectivity index (χ2n) is 5.32. The Bertz CT molecular complexity index is 415. The minimum atomic E-state index is 0.635. The summed E-state index contributed by atoms with van der Waals surface area (Å²) in [6.45, 7) is 4.67. The topological polar surface area (TPSA) is 15.3 Å². The largest absolute Gasteiger partial charge is 0.381 e. The molecule has 17 heavy (non-hydrogen) atoms. The van der Waals surface area contributed by atoms with Gasteiger partial charge < -0.3 is 5.32 Å². The highest BCUT2D eigenvalue weighted by atomic mass is 79.9. The van der Waals surface area contributed by atoms with Crippen LogP contribution in [0.5, 0.6) is 0 Å². The van der Waals surface area contributed by atoms with Gasteiger partial charge in [0.25, 0.3) is 0 Å². The molecule has 1 atom stereocenters. The molecule has 1 saturated carbocycles. The Hall–Kier alpha value is -0.540. The molecule has 0 aromatic heterocycles. The van der Waals surface area contributed by atoms with E-state index in [2.05, 4.69) is 51.3 Å². The zero-order chi connectivity index (χ0) is 11.8. The second-order valence-corrected chi connectivity index (χ2v) is 6.23. The molecule has 0 amide bonds. The van der Waals surface area contributed by atoms with Crippen molar-refractivity contribution in [3.05, 3.63) is 28.2 Å². The summed E-state index contributed by atoms with van der Waals surface area (Å²) in [5.41, 5.74) is 2.61. The van der Waals surface area contributed by atoms with Crippen LogP contribution in [0, 0.1) is 6.92 Å². The molecule has 1 N–H and O–H groups in total. The Balaban J connectivity index is 1.63. The number of rotatable bonds is 3. The van der Waals surface area contributed by atoms with E-state index in [4.69, 9.17) is 0 Å². The molecule has 1 aliphatic heterocycles. The summed E-state index contributed by atoms with van der Waals surface area (Å²) < 4.78 is 1.16. The summed E-state index contributed by atoms with van der Waals surface area (Å²) >= 11 is 3.51. The van der Waals surface area contributed by atoms with Gasteiger partial charge in [-0.25, -0.2) is 0 Å². The van der Waals surface area contributed by atoms with Gasteiger partial charge in [-0.3, -0.25) is 4.90 Å². The van der Waals surface area contributed by atoms with E-state index >= 15 is 0 Å². The van der Waals surface area contributed by atoms with Crippen molar-refractivity contribution in [2.45, 2.75) is 38.3 Å². The molecule has 3 rings (SSSR count). The van der Waals surface area contributed by atoms with Gasteiger partial charge in [0.2, 0.25) is 0 Å². The summed E-state index contributed by atoms with van der Waals surface area (Å²) in [6, 6.07) is 8.02. The molecule has 0 bridgehead atoms. The maximum atomic E-state index is 3.69. The highest BCUT2D eigenvalue weighted by Crippen LogP contribution is 2.31. The lowest BCUT2D eigenvalue weighted by atomic mass is 10.1. The van der Waals surface area contributed by atoms with E-state index in [9.17, 15) is 0 Å². The summed E-state index contributed by atoms with van der Waals surface area (Å²) in [6.07, 6.45) is 4.13. The fourth-order valence-electron chi connectivity index (χ4n) is 2.69. The van der Waals surface area contributed by atoms with E-state index in [1.54, 1.807) is 0 Å². The first-order chi connectivity index (χ1) is 8.22. The van der Waals surface area contributed by atoms with Crippen molar-refractivity contribution in [2.75, 3.05) is 18.4 Å². The highest BCUT2D eigenvalue weighted by molar-refractivity contribution is 9.10. The third kappa shape index (κ3) is 2.66. The first kappa shape index (κ1) is 11.5. The van der Waals surface area contributed by atoms with Crippen molar-refractivity contribution < 1.29 is 0 Å². The molecule has 92 valence electrons. The van der Waals surface area contributed by atoms with E-state index in [1.807, 2.05) is 0 Å². The van der Waals surface area contributed by atoms with Crippen LogP contribution in [0.3, 0.4) is 0 Å². The van der Waals surface area contributed by atoms with E-state index in [-0.39, 0.29) is 0 Å². The number of anilines is 1. The first-order valence-electron chi connectivity index (χ1n) is 6.49. The lowest BCUT2D eigenvalue weighted by Crippen LogP contribution is -2.27. The van der Waals surface area contributed by atoms with Crippen LogP contribution in [0.2, 0.25) is 0 Å². The van der Waals surface area contributed by atoms with E-state index in [1.165, 1.54) is 43.6 Å². The molecular weight excluding hydrogens is 276 g/mol. The first-order valence-corrected chi connectivity index (χ1v) is 7.28. The third-order valence-electron chi connectivity index (χ3n) is 3.83. The van der Waals surface area contributed by atoms with Gasteiger partial charge in [0.1, 0.15) is 0 Å². The molecule has 2 fully saturated rings. The van der Waals surface area contributed by atoms with Crippen LogP contribution in [-0.2, 0) is 0 Å². The zero-order valence-electron chi connectivity index (χ0n) is 10.2. The maximum absolute atomic E-state index is 3.69. The molecule has 3 heteroatoms. The number of nitrogens with one attached hydrogen (secondary N) is 1. The molecule has 1 unspecified atom stereocenters. The Kier molecular flexibility index (Phi) is 3.14. The average Bonchev–Trinajstić information content (AvgIpc) is 3.04. The quantitative estimate of drug-likeness (QED) is 0.919. The number of likely N-dealkylation sites (tertiary alicyclic amines) is 1. The summed E-state index contributed by atoms with van der Waals surface area (Å²) in [5, 5.41) is 3.69. The molecule has 2 nitrogen and oxygen atoms in total. The zero-order valence-corrected chi connectivity index (χ0v) is 11.8. The summed E-state index contributed by atoms with van der Waals surface area (Å²) in [7, 11) is 0. The Morgan fingerprint density at radius 1 is 1.29 bits per heavy atom. The van der Waals surface area contributed by atoms with Crippen LogP contribution >= 0.6 is 15.9 Å². The summed E-state index contributed by atoms with van der Waals surface area (Å²) in [5.74, 6) is 0. The van der Waals surface area contributed by atoms with Crippen LogP contribution in [0.4, 0.5) is 5.69 Å². The van der Waals surface area contributed by atoms with Gasteiger partial charge in [-0.05, 0) is 49.9 Å². The Morgan fingerprint density at radius 2 is 2.12 bits per heavy atom. The van der Waals surface area contributed by atoms with Crippen molar-refractivity contribution in [3.63, 3.8) is 0 Å². The Labute approximate surface area is 112 Å². The fraction of sp³-hybridized carbons (Fsp3) is 0.571. The normalized spacial score (nSPS) is 25.2. The molecule has 0 spiro atoms. The van der Waals surface area contributed by atoms with Gasteiger partial charge in [-0.1, -0.05) is 15.9 Å². The number of halogens is 1. The number of hydrogen-bond acceptors (Lipinski definition) is 2. The predicted molar refractivity (Wildman–Crippen MR) is 75.5 cm³/mol. The number of benzene rings is 1. The number of aryl methyl sites for hydroxylation is 1. The standard InChI is InChI=1S/C14H19BrN2/c1-10-8-11(15)2-5-14(10)16-12-6-7-17(9-12)13-3-4-13/h2,5,8,12-13,16H,3-4,6-7,9H2,1H3. The molecule has 0 radical (unpaired) electrons. The number of hydrogen-bond donors (Lipinski definition) is 1. The molecular formula is C14H19BrN2. The van der Waals surface area contributed by atoms with Gasteiger partial charge in [0.15, 0.2) is 0 Å². The van der Waals surface area contributed by atoms with Gasteiger partial charge in [-0.2, -0.15) is 0 Å². The SMILES string of the molecule is Cc1cc(Br)ccc1NC1CCN(C2CC2)C1. The van der Waals surface area contributed by atoms with E-state index in [0.717, 1.165) is 10.5 Å². The second kappa shape index (κ2) is 4.62. The average molecular weight is 295 g/mol. The minimum absolute atomic E-state index is 0.635. The third-order valence-corrected chi connectivity index (χ3v) is 4.32. The van der Waals surface area contributed by atoms with Gasteiger partial charge in [0, 0.05) is 35.3 Å². The lowest BCUT2D eigenvalue weighted by Gasteiger charge is -2.18. The monoisotopic (exact) mass is 294 g/mol. The van der Waals surface area contributed by atoms with E-state index in [0.29, 0.717) is 6.04 Å². The van der Waals surface area contributed by atoms with E-state index < -0.39 is 0 Å². The van der Waals surface area contributed by atoms with Crippen LogP contribution in [0.25, 0.3) is 0 Å². The van der Waals surface area contributed by atoms with Crippen molar-refractivity contribution in [1.29, 1.82) is 0 Å². The molecule has 2 aliphatic rings. The van der Waals surface area contributed by atoms with Crippen molar-refractivity contribution in [2.24, 2.45) is 0 Å². The maximum Gasteiger partial charge on any atom is 0.0400 e. The molecule has 1 aromatic rings. The smallest absolute Gasteiger partial charge is 0.0400 e. The van der Waals surface area contributed by atoms with Crippen molar-refractivity contribution >= 4 is 21.6 Å². The molecule has 1 saturated heterocycles. The van der Waals surface area contributed by atoms with Crippen molar-refractivity contribution in [1.82, 2.24) is 4.90 Å². The fourth-order valence-corrected chi connectivity index (χ4v) is 3.16. The molecule has 1 heterocycles. The molecule has 1 aromatic carbocycles. The Morgan fingerprint density at radius 3 is 2.82 bits per heavy atom. The van der Waals surface area contributed by atoms with Gasteiger partial charge in [-0.15, -0.1) is 0 Å². The lowest BCUT2D eigenvalue weighted by molar-refractivity contribution is 0.326. The van der Waals surface area contributed by atoms with Gasteiger partial charge >= 0.3 is 0 Å². The number of nitrogens with zero attached hydrogens (tertiary/aromatic N) is 1. The van der Waals surface area contributed by atoms with Crippen LogP contribution < -0.4 is 5.32 Å². The molecule has 1 aliphatic carbocycles. The van der Waals surface area contributed by atoms with Crippen LogP contribution in [0.1, 0.15) is 24.8 Å². The summed E-state index contributed by atoms with van der Waals surface area (Å²) in [4.78, 5) is 2.64. The van der Waals surface area contributed by atoms with Gasteiger partial charge in [0.05, 0.1) is 0 Å². The van der Waals surface area contributed by atoms with Crippen LogP contribution in [0.15, 0.2) is 22.7 Å². The highest BCUT2D eigenvalue weighted by Gasteiger charge is 2.34. The minimum Gasteiger partial charge on any atom is -0.381 e. The van der Waals surface area contributed by atoms with Crippen molar-refractivity contribution in [3.8, 4) is 0 Å². The predicted octanol–water partition coefficient (Wildman–Crippen LogP) is 3.41.